The summed E-state index contributed by atoms with van der Waals surface area (Å²) < 4.78 is 5.54. The molecule has 0 saturated carbocycles. The Kier molecular flexibility index (Phi) is 2.29. The Hall–Kier alpha value is -2.29. The summed E-state index contributed by atoms with van der Waals surface area (Å²) in [4.78, 5) is 11.7. The minimum absolute atomic E-state index is 0.0107. The standard InChI is InChI=1S/C14H11NO2/c16-12-9-17-14(10-5-2-1-3-6-10)13-11(12)7-4-8-15-13/h1-8,15H,9H2. The van der Waals surface area contributed by atoms with E-state index in [9.17, 15) is 4.79 Å². The lowest BCUT2D eigenvalue weighted by Gasteiger charge is -2.24. The van der Waals surface area contributed by atoms with Crippen LogP contribution in [0.2, 0.25) is 0 Å². The smallest absolute Gasteiger partial charge is 0.202 e. The van der Waals surface area contributed by atoms with Gasteiger partial charge in [-0.05, 0) is 12.2 Å². The van der Waals surface area contributed by atoms with Crippen LogP contribution in [0.15, 0.2) is 60.0 Å². The van der Waals surface area contributed by atoms with Gasteiger partial charge in [0.15, 0.2) is 12.4 Å². The van der Waals surface area contributed by atoms with Crippen LogP contribution in [0, 0.1) is 0 Å². The zero-order chi connectivity index (χ0) is 11.7. The summed E-state index contributed by atoms with van der Waals surface area (Å²) in [5.41, 5.74) is 2.43. The van der Waals surface area contributed by atoms with E-state index in [1.54, 1.807) is 6.20 Å². The van der Waals surface area contributed by atoms with E-state index in [0.29, 0.717) is 5.57 Å². The van der Waals surface area contributed by atoms with Crippen molar-refractivity contribution in [3.8, 4) is 0 Å². The van der Waals surface area contributed by atoms with Crippen molar-refractivity contribution in [1.29, 1.82) is 0 Å². The van der Waals surface area contributed by atoms with Gasteiger partial charge in [0.1, 0.15) is 0 Å². The van der Waals surface area contributed by atoms with E-state index in [4.69, 9.17) is 4.74 Å². The first-order valence-electron chi connectivity index (χ1n) is 5.46. The molecule has 2 aliphatic heterocycles. The molecule has 0 bridgehead atoms. The number of benzene rings is 1. The number of ether oxygens (including phenoxy) is 1. The van der Waals surface area contributed by atoms with Gasteiger partial charge < -0.3 is 10.1 Å². The summed E-state index contributed by atoms with van der Waals surface area (Å²) in [6.07, 6.45) is 5.44. The van der Waals surface area contributed by atoms with Crippen molar-refractivity contribution in [3.05, 3.63) is 65.5 Å². The van der Waals surface area contributed by atoms with Crippen molar-refractivity contribution in [1.82, 2.24) is 5.32 Å². The topological polar surface area (TPSA) is 38.3 Å². The third kappa shape index (κ3) is 1.65. The molecule has 0 aromatic heterocycles. The number of fused-ring (bicyclic) bond motifs is 1. The maximum Gasteiger partial charge on any atom is 0.202 e. The SMILES string of the molecule is O=C1COC(c2ccccc2)=C2NC=CC=C12. The van der Waals surface area contributed by atoms with Gasteiger partial charge >= 0.3 is 0 Å². The molecule has 0 atom stereocenters. The Balaban J connectivity index is 2.14. The maximum absolute atomic E-state index is 11.7. The molecule has 3 heteroatoms. The summed E-state index contributed by atoms with van der Waals surface area (Å²) in [7, 11) is 0. The van der Waals surface area contributed by atoms with Gasteiger partial charge in [-0.15, -0.1) is 0 Å². The van der Waals surface area contributed by atoms with E-state index in [2.05, 4.69) is 5.32 Å². The summed E-state index contributed by atoms with van der Waals surface area (Å²) in [5.74, 6) is 0.748. The summed E-state index contributed by atoms with van der Waals surface area (Å²) in [6.45, 7) is 0.106. The van der Waals surface area contributed by atoms with Crippen LogP contribution >= 0.6 is 0 Å². The van der Waals surface area contributed by atoms with Crippen LogP contribution in [0.3, 0.4) is 0 Å². The Bertz CT molecular complexity index is 553. The zero-order valence-electron chi connectivity index (χ0n) is 9.14. The third-order valence-corrected chi connectivity index (χ3v) is 2.77. The fourth-order valence-electron chi connectivity index (χ4n) is 1.96. The highest BCUT2D eigenvalue weighted by Crippen LogP contribution is 2.29. The van der Waals surface area contributed by atoms with Gasteiger partial charge in [-0.3, -0.25) is 4.79 Å². The molecule has 2 heterocycles. The molecule has 1 N–H and O–H groups in total. The van der Waals surface area contributed by atoms with E-state index < -0.39 is 0 Å². The second-order valence-corrected chi connectivity index (χ2v) is 3.87. The first-order valence-corrected chi connectivity index (χ1v) is 5.46. The van der Waals surface area contributed by atoms with Gasteiger partial charge in [0.25, 0.3) is 0 Å². The molecule has 0 spiro atoms. The van der Waals surface area contributed by atoms with E-state index in [-0.39, 0.29) is 12.4 Å². The molecule has 0 aliphatic carbocycles. The Morgan fingerprint density at radius 1 is 1.18 bits per heavy atom. The number of ketones is 1. The number of hydrogen-bond acceptors (Lipinski definition) is 3. The molecule has 0 fully saturated rings. The first-order chi connectivity index (χ1) is 8.36. The van der Waals surface area contributed by atoms with Crippen molar-refractivity contribution < 1.29 is 9.53 Å². The molecule has 3 nitrogen and oxygen atoms in total. The summed E-state index contributed by atoms with van der Waals surface area (Å²) >= 11 is 0. The quantitative estimate of drug-likeness (QED) is 0.794. The number of Topliss-reactive ketones (excluding diaryl/α,β-unsaturated/α-hetero) is 1. The van der Waals surface area contributed by atoms with E-state index >= 15 is 0 Å². The normalized spacial score (nSPS) is 18.1. The highest BCUT2D eigenvalue weighted by molar-refractivity contribution is 6.04. The van der Waals surface area contributed by atoms with Gasteiger partial charge in [-0.1, -0.05) is 30.3 Å². The van der Waals surface area contributed by atoms with Gasteiger partial charge in [0.05, 0.1) is 5.70 Å². The molecular formula is C14H11NO2. The molecule has 0 unspecified atom stereocenters. The largest absolute Gasteiger partial charge is 0.483 e. The number of carbonyl (C=O) groups is 1. The lowest BCUT2D eigenvalue weighted by Crippen LogP contribution is -2.27. The third-order valence-electron chi connectivity index (χ3n) is 2.77. The molecule has 0 saturated heterocycles. The average Bonchev–Trinajstić information content (AvgIpc) is 2.41. The van der Waals surface area contributed by atoms with Crippen LogP contribution in [0.25, 0.3) is 5.76 Å². The Labute approximate surface area is 99.1 Å². The maximum atomic E-state index is 11.7. The van der Waals surface area contributed by atoms with Crippen molar-refractivity contribution in [3.63, 3.8) is 0 Å². The molecule has 1 aromatic carbocycles. The van der Waals surface area contributed by atoms with Crippen molar-refractivity contribution >= 4 is 11.5 Å². The molecule has 1 aromatic rings. The van der Waals surface area contributed by atoms with E-state index in [1.165, 1.54) is 0 Å². The second-order valence-electron chi connectivity index (χ2n) is 3.87. The molecule has 2 aliphatic rings. The highest BCUT2D eigenvalue weighted by atomic mass is 16.5. The van der Waals surface area contributed by atoms with E-state index in [1.807, 2.05) is 42.5 Å². The number of nitrogens with one attached hydrogen (secondary N) is 1. The van der Waals surface area contributed by atoms with Crippen molar-refractivity contribution in [2.75, 3.05) is 6.61 Å². The number of allylic oxidation sites excluding steroid dienone is 3. The van der Waals surface area contributed by atoms with Crippen LogP contribution < -0.4 is 5.32 Å². The van der Waals surface area contributed by atoms with Crippen LogP contribution in [0.4, 0.5) is 0 Å². The first kappa shape index (κ1) is 9.90. The van der Waals surface area contributed by atoms with Crippen LogP contribution in [0.1, 0.15) is 5.56 Å². The minimum Gasteiger partial charge on any atom is -0.483 e. The Morgan fingerprint density at radius 2 is 2.00 bits per heavy atom. The minimum atomic E-state index is 0.0107. The van der Waals surface area contributed by atoms with Crippen LogP contribution in [-0.2, 0) is 9.53 Å². The van der Waals surface area contributed by atoms with Crippen molar-refractivity contribution in [2.24, 2.45) is 0 Å². The molecule has 3 rings (SSSR count). The highest BCUT2D eigenvalue weighted by Gasteiger charge is 2.26. The fraction of sp³-hybridized carbons (Fsp3) is 0.0714. The van der Waals surface area contributed by atoms with Crippen LogP contribution in [-0.4, -0.2) is 12.4 Å². The van der Waals surface area contributed by atoms with Gasteiger partial charge in [0.2, 0.25) is 5.78 Å². The van der Waals surface area contributed by atoms with Gasteiger partial charge in [-0.25, -0.2) is 0 Å². The average molecular weight is 225 g/mol. The fourth-order valence-corrected chi connectivity index (χ4v) is 1.96. The predicted molar refractivity (Wildman–Crippen MR) is 64.7 cm³/mol. The van der Waals surface area contributed by atoms with E-state index in [0.717, 1.165) is 17.0 Å². The number of rotatable bonds is 1. The molecule has 84 valence electrons. The van der Waals surface area contributed by atoms with Crippen molar-refractivity contribution in [2.45, 2.75) is 0 Å². The van der Waals surface area contributed by atoms with Gasteiger partial charge in [0, 0.05) is 17.3 Å². The monoisotopic (exact) mass is 225 g/mol. The lowest BCUT2D eigenvalue weighted by molar-refractivity contribution is -0.118. The number of dihydropyridines is 1. The van der Waals surface area contributed by atoms with Crippen LogP contribution in [0.5, 0.6) is 0 Å². The number of hydrogen-bond donors (Lipinski definition) is 1. The summed E-state index contributed by atoms with van der Waals surface area (Å²) in [5, 5.41) is 3.08. The predicted octanol–water partition coefficient (Wildman–Crippen LogP) is 2.00. The molecule has 17 heavy (non-hydrogen) atoms. The lowest BCUT2D eigenvalue weighted by atomic mass is 9.99. The zero-order valence-corrected chi connectivity index (χ0v) is 9.14. The molecule has 0 radical (unpaired) electrons. The summed E-state index contributed by atoms with van der Waals surface area (Å²) in [6, 6.07) is 9.79. The number of carbonyl (C=O) groups excluding carboxylic acids is 1. The molecule has 0 amide bonds. The Morgan fingerprint density at radius 3 is 2.82 bits per heavy atom. The van der Waals surface area contributed by atoms with Gasteiger partial charge in [-0.2, -0.15) is 0 Å². The second kappa shape index (κ2) is 3.94. The molecular weight excluding hydrogens is 214 g/mol.